The van der Waals surface area contributed by atoms with Gasteiger partial charge in [-0.2, -0.15) is 5.26 Å². The van der Waals surface area contributed by atoms with Crippen molar-refractivity contribution in [1.82, 2.24) is 15.0 Å². The van der Waals surface area contributed by atoms with Gasteiger partial charge >= 0.3 is 0 Å². The van der Waals surface area contributed by atoms with E-state index in [1.54, 1.807) is 26.8 Å². The van der Waals surface area contributed by atoms with E-state index in [1.807, 2.05) is 6.07 Å². The number of pyridine rings is 1. The van der Waals surface area contributed by atoms with Gasteiger partial charge in [0.25, 0.3) is 10.0 Å². The summed E-state index contributed by atoms with van der Waals surface area (Å²) in [6.45, 7) is 12.0. The van der Waals surface area contributed by atoms with Crippen LogP contribution < -0.4 is 10.0 Å². The van der Waals surface area contributed by atoms with Crippen molar-refractivity contribution in [3.8, 4) is 6.07 Å². The van der Waals surface area contributed by atoms with Gasteiger partial charge in [-0.05, 0) is 93.3 Å². The third kappa shape index (κ3) is 6.98. The Kier molecular flexibility index (Phi) is 8.52. The highest BCUT2D eigenvalue weighted by atomic mass is 32.2. The van der Waals surface area contributed by atoms with Crippen LogP contribution in [0, 0.1) is 36.5 Å². The van der Waals surface area contributed by atoms with Gasteiger partial charge < -0.3 is 5.32 Å². The van der Waals surface area contributed by atoms with Crippen LogP contribution >= 0.6 is 11.8 Å². The summed E-state index contributed by atoms with van der Waals surface area (Å²) in [4.78, 5) is 26.0. The van der Waals surface area contributed by atoms with Crippen LogP contribution in [0.5, 0.6) is 0 Å². The van der Waals surface area contributed by atoms with Crippen molar-refractivity contribution in [2.24, 2.45) is 11.3 Å². The van der Waals surface area contributed by atoms with Gasteiger partial charge in [0.2, 0.25) is 11.9 Å². The first-order valence-corrected chi connectivity index (χ1v) is 15.5. The Morgan fingerprint density at radius 3 is 2.35 bits per heavy atom. The molecule has 0 fully saturated rings. The van der Waals surface area contributed by atoms with Crippen LogP contribution in [0.15, 0.2) is 46.3 Å². The molecule has 11 heteroatoms. The van der Waals surface area contributed by atoms with Crippen molar-refractivity contribution < 1.29 is 13.2 Å². The van der Waals surface area contributed by atoms with Crippen molar-refractivity contribution >= 4 is 39.3 Å². The fraction of sp³-hybridized carbons (Fsp3) is 0.414. The second-order valence-corrected chi connectivity index (χ2v) is 14.2. The van der Waals surface area contributed by atoms with Gasteiger partial charge in [-0.1, -0.05) is 32.5 Å². The first-order valence-electron chi connectivity index (χ1n) is 13.1. The molecule has 0 bridgehead atoms. The Hall–Kier alpha value is -3.49. The molecule has 210 valence electrons. The maximum Gasteiger partial charge on any atom is 0.264 e. The molecule has 0 saturated carbocycles. The monoisotopic (exact) mass is 578 g/mol. The highest BCUT2D eigenvalue weighted by Crippen LogP contribution is 2.38. The van der Waals surface area contributed by atoms with Gasteiger partial charge in [0.05, 0.1) is 15.7 Å². The number of sulfonamides is 1. The summed E-state index contributed by atoms with van der Waals surface area (Å²) >= 11 is 1.25. The SMILES string of the molecule is Cc1cc(C)nc(NS(=O)(=O)c2ccc(NC(=O)C(C)Sc3nc4c(cc3C#N)CC(C(C)(C)C)CC4)cc2)n1. The molecule has 0 radical (unpaired) electrons. The van der Waals surface area contributed by atoms with Gasteiger partial charge in [0.15, 0.2) is 0 Å². The lowest BCUT2D eigenvalue weighted by atomic mass is 9.71. The number of nitrogens with one attached hydrogen (secondary N) is 2. The van der Waals surface area contributed by atoms with E-state index in [-0.39, 0.29) is 22.2 Å². The lowest BCUT2D eigenvalue weighted by Crippen LogP contribution is -2.27. The minimum Gasteiger partial charge on any atom is -0.325 e. The van der Waals surface area contributed by atoms with E-state index in [0.29, 0.717) is 33.6 Å². The molecule has 0 saturated heterocycles. The van der Waals surface area contributed by atoms with Crippen LogP contribution in [-0.2, 0) is 27.7 Å². The average molecular weight is 579 g/mol. The van der Waals surface area contributed by atoms with Crippen molar-refractivity contribution in [1.29, 1.82) is 5.26 Å². The molecule has 40 heavy (non-hydrogen) atoms. The Bertz CT molecular complexity index is 1550. The minimum atomic E-state index is -3.91. The Labute approximate surface area is 240 Å². The lowest BCUT2D eigenvalue weighted by molar-refractivity contribution is -0.115. The molecular weight excluding hydrogens is 544 g/mol. The molecule has 0 spiro atoms. The van der Waals surface area contributed by atoms with Crippen molar-refractivity contribution in [3.05, 3.63) is 64.6 Å². The van der Waals surface area contributed by atoms with Gasteiger partial charge in [-0.15, -0.1) is 0 Å². The number of thioether (sulfide) groups is 1. The summed E-state index contributed by atoms with van der Waals surface area (Å²) in [6.07, 6.45) is 2.81. The molecule has 1 amide bonds. The van der Waals surface area contributed by atoms with E-state index >= 15 is 0 Å². The number of carbonyl (C=O) groups excluding carboxylic acids is 1. The number of amides is 1. The van der Waals surface area contributed by atoms with Crippen LogP contribution in [0.1, 0.15) is 62.3 Å². The topological polar surface area (TPSA) is 138 Å². The zero-order valence-electron chi connectivity index (χ0n) is 23.6. The smallest absolute Gasteiger partial charge is 0.264 e. The van der Waals surface area contributed by atoms with Crippen LogP contribution in [0.25, 0.3) is 0 Å². The summed E-state index contributed by atoms with van der Waals surface area (Å²) in [6, 6.07) is 11.8. The molecule has 1 aromatic carbocycles. The van der Waals surface area contributed by atoms with Crippen LogP contribution in [-0.4, -0.2) is 34.5 Å². The quantitative estimate of drug-likeness (QED) is 0.354. The molecule has 3 aromatic rings. The van der Waals surface area contributed by atoms with Gasteiger partial charge in [0, 0.05) is 22.8 Å². The summed E-state index contributed by atoms with van der Waals surface area (Å²) in [5.41, 5.74) is 4.55. The highest BCUT2D eigenvalue weighted by molar-refractivity contribution is 8.00. The zero-order valence-corrected chi connectivity index (χ0v) is 25.2. The third-order valence-corrected chi connectivity index (χ3v) is 9.44. The fourth-order valence-electron chi connectivity index (χ4n) is 4.69. The molecule has 2 heterocycles. The lowest BCUT2D eigenvalue weighted by Gasteiger charge is -2.34. The number of nitriles is 1. The molecule has 0 aliphatic heterocycles. The zero-order chi connectivity index (χ0) is 29.2. The predicted octanol–water partition coefficient (Wildman–Crippen LogP) is 5.43. The summed E-state index contributed by atoms with van der Waals surface area (Å²) in [5, 5.41) is 12.6. The molecule has 1 aliphatic carbocycles. The Balaban J connectivity index is 1.42. The van der Waals surface area contributed by atoms with E-state index in [2.05, 4.69) is 46.8 Å². The first kappa shape index (κ1) is 29.5. The van der Waals surface area contributed by atoms with Gasteiger partial charge in [-0.3, -0.25) is 4.79 Å². The Morgan fingerprint density at radius 2 is 1.75 bits per heavy atom. The second kappa shape index (κ2) is 11.6. The summed E-state index contributed by atoms with van der Waals surface area (Å²) in [7, 11) is -3.91. The molecule has 2 aromatic heterocycles. The second-order valence-electron chi connectivity index (χ2n) is 11.2. The number of hydrogen-bond acceptors (Lipinski definition) is 8. The first-order chi connectivity index (χ1) is 18.7. The maximum atomic E-state index is 13.0. The number of fused-ring (bicyclic) bond motifs is 1. The molecule has 2 N–H and O–H groups in total. The summed E-state index contributed by atoms with van der Waals surface area (Å²) < 4.78 is 28.0. The number of hydrogen-bond donors (Lipinski definition) is 2. The molecule has 4 rings (SSSR count). The standard InChI is InChI=1S/C29H34N6O3S2/c1-17-13-18(2)32-28(31-17)35-40(37,38)24-10-8-23(9-11-24)33-26(36)19(3)39-27-21(16-30)14-20-15-22(29(4,5)6)7-12-25(20)34-27/h8-11,13-14,19,22H,7,12,15H2,1-6H3,(H,33,36)(H,31,32,35). The van der Waals surface area contributed by atoms with Gasteiger partial charge in [0.1, 0.15) is 11.1 Å². The number of aryl methyl sites for hydroxylation is 3. The van der Waals surface area contributed by atoms with Crippen LogP contribution in [0.2, 0.25) is 0 Å². The van der Waals surface area contributed by atoms with Crippen molar-refractivity contribution in [2.75, 3.05) is 10.0 Å². The molecule has 9 nitrogen and oxygen atoms in total. The molecular formula is C29H34N6O3S2. The number of carbonyl (C=O) groups is 1. The van der Waals surface area contributed by atoms with E-state index < -0.39 is 15.3 Å². The number of anilines is 2. The van der Waals surface area contributed by atoms with Crippen LogP contribution in [0.4, 0.5) is 11.6 Å². The maximum absolute atomic E-state index is 13.0. The average Bonchev–Trinajstić information content (AvgIpc) is 2.86. The van der Waals surface area contributed by atoms with E-state index in [4.69, 9.17) is 4.98 Å². The molecule has 2 atom stereocenters. The van der Waals surface area contributed by atoms with Gasteiger partial charge in [-0.25, -0.2) is 28.1 Å². The molecule has 1 aliphatic rings. The fourth-order valence-corrected chi connectivity index (χ4v) is 6.53. The van der Waals surface area contributed by atoms with E-state index in [1.165, 1.54) is 36.0 Å². The summed E-state index contributed by atoms with van der Waals surface area (Å²) in [5.74, 6) is 0.259. The van der Waals surface area contributed by atoms with Crippen molar-refractivity contribution in [3.63, 3.8) is 0 Å². The van der Waals surface area contributed by atoms with Crippen LogP contribution in [0.3, 0.4) is 0 Å². The number of nitrogens with zero attached hydrogens (tertiary/aromatic N) is 4. The number of rotatable bonds is 7. The van der Waals surface area contributed by atoms with Crippen molar-refractivity contribution in [2.45, 2.75) is 76.0 Å². The minimum absolute atomic E-state index is 0.00211. The normalized spacial score (nSPS) is 16.0. The number of benzene rings is 1. The van der Waals surface area contributed by atoms with E-state index in [9.17, 15) is 18.5 Å². The van der Waals surface area contributed by atoms with E-state index in [0.717, 1.165) is 30.5 Å². The predicted molar refractivity (Wildman–Crippen MR) is 157 cm³/mol. The largest absolute Gasteiger partial charge is 0.325 e. The number of aromatic nitrogens is 3. The third-order valence-electron chi connectivity index (χ3n) is 6.99. The molecule has 2 unspecified atom stereocenters. The highest BCUT2D eigenvalue weighted by Gasteiger charge is 2.30. The Morgan fingerprint density at radius 1 is 1.10 bits per heavy atom.